The van der Waals surface area contributed by atoms with Gasteiger partial charge in [-0.25, -0.2) is 4.68 Å². The number of benzene rings is 1. The summed E-state index contributed by atoms with van der Waals surface area (Å²) in [6, 6.07) is 7.53. The molecule has 3 rings (SSSR count). The zero-order valence-corrected chi connectivity index (χ0v) is 13.8. The van der Waals surface area contributed by atoms with Gasteiger partial charge in [-0.3, -0.25) is 9.59 Å². The van der Waals surface area contributed by atoms with Crippen molar-refractivity contribution >= 4 is 11.9 Å². The van der Waals surface area contributed by atoms with Gasteiger partial charge in [-0.15, -0.1) is 0 Å². The Morgan fingerprint density at radius 1 is 1.42 bits per heavy atom. The van der Waals surface area contributed by atoms with E-state index in [1.165, 1.54) is 0 Å². The van der Waals surface area contributed by atoms with E-state index >= 15 is 0 Å². The molecule has 1 aromatic carbocycles. The molecule has 126 valence electrons. The summed E-state index contributed by atoms with van der Waals surface area (Å²) in [5.41, 5.74) is 2.47. The minimum atomic E-state index is -0.876. The molecule has 0 bridgehead atoms. The van der Waals surface area contributed by atoms with E-state index in [0.717, 1.165) is 24.1 Å². The van der Waals surface area contributed by atoms with Gasteiger partial charge in [-0.1, -0.05) is 6.92 Å². The fourth-order valence-corrected chi connectivity index (χ4v) is 2.78. The monoisotopic (exact) mass is 327 g/mol. The number of hydrogen-bond donors (Lipinski definition) is 1. The highest BCUT2D eigenvalue weighted by molar-refractivity contribution is 5.95. The zero-order valence-electron chi connectivity index (χ0n) is 13.8. The molecule has 1 amide bonds. The van der Waals surface area contributed by atoms with Crippen LogP contribution in [0.5, 0.6) is 0 Å². The number of nitrogens with zero attached hydrogens (tertiary/aromatic N) is 3. The van der Waals surface area contributed by atoms with Crippen molar-refractivity contribution in [3.63, 3.8) is 0 Å². The smallest absolute Gasteiger partial charge is 0.308 e. The molecule has 2 aromatic rings. The maximum Gasteiger partial charge on any atom is 0.308 e. The first-order valence-electron chi connectivity index (χ1n) is 8.12. The quantitative estimate of drug-likeness (QED) is 0.884. The van der Waals surface area contributed by atoms with Crippen LogP contribution in [0.15, 0.2) is 36.7 Å². The molecule has 1 unspecified atom stereocenters. The average molecular weight is 327 g/mol. The van der Waals surface area contributed by atoms with Gasteiger partial charge in [0, 0.05) is 30.5 Å². The van der Waals surface area contributed by atoms with Crippen molar-refractivity contribution in [3.05, 3.63) is 47.8 Å². The summed E-state index contributed by atoms with van der Waals surface area (Å²) < 4.78 is 1.76. The van der Waals surface area contributed by atoms with Crippen LogP contribution < -0.4 is 0 Å². The first-order valence-corrected chi connectivity index (χ1v) is 8.12. The predicted molar refractivity (Wildman–Crippen MR) is 89.2 cm³/mol. The molecule has 0 radical (unpaired) electrons. The molecule has 0 aliphatic heterocycles. The normalized spacial score (nSPS) is 15.1. The summed E-state index contributed by atoms with van der Waals surface area (Å²) in [5.74, 6) is -1.54. The van der Waals surface area contributed by atoms with E-state index in [4.69, 9.17) is 5.11 Å². The van der Waals surface area contributed by atoms with Gasteiger partial charge in [0.1, 0.15) is 0 Å². The van der Waals surface area contributed by atoms with Gasteiger partial charge in [0.25, 0.3) is 5.91 Å². The summed E-state index contributed by atoms with van der Waals surface area (Å²) in [7, 11) is 0. The van der Waals surface area contributed by atoms with Gasteiger partial charge < -0.3 is 10.0 Å². The van der Waals surface area contributed by atoms with E-state index in [2.05, 4.69) is 5.10 Å². The van der Waals surface area contributed by atoms with E-state index in [9.17, 15) is 9.59 Å². The summed E-state index contributed by atoms with van der Waals surface area (Å²) in [4.78, 5) is 25.7. The SMILES string of the molecule is Cc1cc(C(=O)N(CC(C)C(=O)O)C2CC2)ccc1-n1cccn1. The van der Waals surface area contributed by atoms with Crippen molar-refractivity contribution in [2.24, 2.45) is 5.92 Å². The molecule has 1 aliphatic carbocycles. The second kappa shape index (κ2) is 6.47. The molecule has 1 heterocycles. The van der Waals surface area contributed by atoms with Gasteiger partial charge in [-0.05, 0) is 49.6 Å². The Bertz CT molecular complexity index is 751. The Balaban J connectivity index is 1.83. The molecular formula is C18H21N3O3. The minimum Gasteiger partial charge on any atom is -0.481 e. The van der Waals surface area contributed by atoms with Crippen LogP contribution in [0.4, 0.5) is 0 Å². The first kappa shape index (κ1) is 16.2. The molecule has 0 spiro atoms. The number of carbonyl (C=O) groups excluding carboxylic acids is 1. The van der Waals surface area contributed by atoms with Gasteiger partial charge in [0.05, 0.1) is 11.6 Å². The minimum absolute atomic E-state index is 0.0966. The summed E-state index contributed by atoms with van der Waals surface area (Å²) in [6.45, 7) is 3.82. The van der Waals surface area contributed by atoms with Crippen LogP contribution in [-0.4, -0.2) is 44.3 Å². The molecule has 1 aromatic heterocycles. The highest BCUT2D eigenvalue weighted by Gasteiger charge is 2.35. The van der Waals surface area contributed by atoms with Gasteiger partial charge >= 0.3 is 5.97 Å². The van der Waals surface area contributed by atoms with Gasteiger partial charge in [-0.2, -0.15) is 5.10 Å². The molecule has 24 heavy (non-hydrogen) atoms. The lowest BCUT2D eigenvalue weighted by molar-refractivity contribution is -0.141. The highest BCUT2D eigenvalue weighted by atomic mass is 16.4. The highest BCUT2D eigenvalue weighted by Crippen LogP contribution is 2.29. The van der Waals surface area contributed by atoms with Crippen LogP contribution in [0.2, 0.25) is 0 Å². The van der Waals surface area contributed by atoms with E-state index in [0.29, 0.717) is 5.56 Å². The first-order chi connectivity index (χ1) is 11.5. The fourth-order valence-electron chi connectivity index (χ4n) is 2.78. The fraction of sp³-hybridized carbons (Fsp3) is 0.389. The average Bonchev–Trinajstić information content (AvgIpc) is 3.25. The Kier molecular flexibility index (Phi) is 4.38. The maximum absolute atomic E-state index is 12.8. The van der Waals surface area contributed by atoms with Crippen LogP contribution in [0.25, 0.3) is 5.69 Å². The predicted octanol–water partition coefficient (Wildman–Crippen LogP) is 2.51. The topological polar surface area (TPSA) is 75.4 Å². The van der Waals surface area contributed by atoms with E-state index in [1.807, 2.05) is 31.3 Å². The number of carboxylic acid groups (broad SMARTS) is 1. The van der Waals surface area contributed by atoms with E-state index in [-0.39, 0.29) is 18.5 Å². The van der Waals surface area contributed by atoms with Crippen molar-refractivity contribution in [3.8, 4) is 5.69 Å². The van der Waals surface area contributed by atoms with Gasteiger partial charge in [0.2, 0.25) is 0 Å². The second-order valence-corrected chi connectivity index (χ2v) is 6.38. The van der Waals surface area contributed by atoms with Crippen molar-refractivity contribution < 1.29 is 14.7 Å². The molecule has 1 fully saturated rings. The number of rotatable bonds is 6. The van der Waals surface area contributed by atoms with Crippen molar-refractivity contribution in [2.75, 3.05) is 6.54 Å². The summed E-state index contributed by atoms with van der Waals surface area (Å²) in [6.07, 6.45) is 5.46. The standard InChI is InChI=1S/C18H21N3O3/c1-12-10-14(4-7-16(12)21-9-3-8-19-21)17(22)20(15-5-6-15)11-13(2)18(23)24/h3-4,7-10,13,15H,5-6,11H2,1-2H3,(H,23,24). The second-order valence-electron chi connectivity index (χ2n) is 6.38. The Morgan fingerprint density at radius 3 is 2.71 bits per heavy atom. The lowest BCUT2D eigenvalue weighted by Gasteiger charge is -2.24. The molecule has 1 aliphatic rings. The molecule has 1 N–H and O–H groups in total. The Morgan fingerprint density at radius 2 is 2.17 bits per heavy atom. The van der Waals surface area contributed by atoms with E-state index in [1.54, 1.807) is 28.8 Å². The third-order valence-electron chi connectivity index (χ3n) is 4.34. The zero-order chi connectivity index (χ0) is 17.3. The van der Waals surface area contributed by atoms with Crippen LogP contribution >= 0.6 is 0 Å². The van der Waals surface area contributed by atoms with Crippen LogP contribution in [0, 0.1) is 12.8 Å². The molecule has 6 heteroatoms. The third kappa shape index (κ3) is 3.32. The number of amides is 1. The number of hydrogen-bond acceptors (Lipinski definition) is 3. The lowest BCUT2D eigenvalue weighted by atomic mass is 10.1. The van der Waals surface area contributed by atoms with Crippen LogP contribution in [0.3, 0.4) is 0 Å². The number of aromatic nitrogens is 2. The maximum atomic E-state index is 12.8. The third-order valence-corrected chi connectivity index (χ3v) is 4.34. The molecule has 6 nitrogen and oxygen atoms in total. The Labute approximate surface area is 140 Å². The summed E-state index contributed by atoms with van der Waals surface area (Å²) >= 11 is 0. The largest absolute Gasteiger partial charge is 0.481 e. The number of aryl methyl sites for hydroxylation is 1. The molecular weight excluding hydrogens is 306 g/mol. The van der Waals surface area contributed by atoms with Crippen LogP contribution in [-0.2, 0) is 4.79 Å². The number of aliphatic carboxylic acids is 1. The van der Waals surface area contributed by atoms with Crippen LogP contribution in [0.1, 0.15) is 35.7 Å². The van der Waals surface area contributed by atoms with Gasteiger partial charge in [0.15, 0.2) is 0 Å². The van der Waals surface area contributed by atoms with Crippen molar-refractivity contribution in [1.29, 1.82) is 0 Å². The molecule has 0 saturated heterocycles. The van der Waals surface area contributed by atoms with E-state index < -0.39 is 11.9 Å². The number of carboxylic acids is 1. The Hall–Kier alpha value is -2.63. The summed E-state index contributed by atoms with van der Waals surface area (Å²) in [5, 5.41) is 13.3. The number of carbonyl (C=O) groups is 2. The molecule has 1 saturated carbocycles. The van der Waals surface area contributed by atoms with Crippen molar-refractivity contribution in [2.45, 2.75) is 32.7 Å². The molecule has 1 atom stereocenters. The lowest BCUT2D eigenvalue weighted by Crippen LogP contribution is -2.38. The van der Waals surface area contributed by atoms with Crippen molar-refractivity contribution in [1.82, 2.24) is 14.7 Å².